The van der Waals surface area contributed by atoms with Crippen LogP contribution in [0.15, 0.2) is 12.1 Å². The van der Waals surface area contributed by atoms with Gasteiger partial charge in [-0.2, -0.15) is 13.2 Å². The van der Waals surface area contributed by atoms with E-state index in [1.54, 1.807) is 6.92 Å². The summed E-state index contributed by atoms with van der Waals surface area (Å²) in [7, 11) is 0. The molecule has 1 rings (SSSR count). The summed E-state index contributed by atoms with van der Waals surface area (Å²) in [5.74, 6) is -0.793. The molecule has 0 aliphatic carbocycles. The maximum absolute atomic E-state index is 12.1. The van der Waals surface area contributed by atoms with Crippen LogP contribution in [0.1, 0.15) is 23.1 Å². The van der Waals surface area contributed by atoms with Gasteiger partial charge in [-0.1, -0.05) is 0 Å². The molecule has 4 nitrogen and oxygen atoms in total. The van der Waals surface area contributed by atoms with Gasteiger partial charge in [-0.05, 0) is 19.1 Å². The van der Waals surface area contributed by atoms with Gasteiger partial charge in [0.25, 0.3) is 0 Å². The molecule has 0 amide bonds. The van der Waals surface area contributed by atoms with Crippen LogP contribution < -0.4 is 0 Å². The quantitative estimate of drug-likeness (QED) is 0.711. The molecule has 15 heavy (non-hydrogen) atoms. The molecule has 0 aliphatic rings. The van der Waals surface area contributed by atoms with Gasteiger partial charge >= 0.3 is 12.1 Å². The Morgan fingerprint density at radius 3 is 2.47 bits per heavy atom. The summed E-state index contributed by atoms with van der Waals surface area (Å²) in [5.41, 5.74) is -1.39. The van der Waals surface area contributed by atoms with Crippen LogP contribution in [0.4, 0.5) is 13.2 Å². The third-order valence-corrected chi connectivity index (χ3v) is 1.44. The highest BCUT2D eigenvalue weighted by Gasteiger charge is 2.33. The highest BCUT2D eigenvalue weighted by Crippen LogP contribution is 2.26. The summed E-state index contributed by atoms with van der Waals surface area (Å²) >= 11 is 0. The first kappa shape index (κ1) is 11.4. The first-order valence-electron chi connectivity index (χ1n) is 4.03. The van der Waals surface area contributed by atoms with E-state index in [1.807, 2.05) is 0 Å². The normalized spacial score (nSPS) is 11.2. The van der Waals surface area contributed by atoms with Gasteiger partial charge in [-0.25, -0.2) is 4.79 Å². The molecule has 0 unspecified atom stereocenters. The lowest BCUT2D eigenvalue weighted by atomic mass is 10.3. The van der Waals surface area contributed by atoms with Gasteiger partial charge in [0, 0.05) is 0 Å². The second-order valence-corrected chi connectivity index (χ2v) is 2.52. The molecule has 7 heteroatoms. The molecule has 0 saturated carbocycles. The van der Waals surface area contributed by atoms with Crippen molar-refractivity contribution in [3.8, 4) is 0 Å². The lowest BCUT2D eigenvalue weighted by molar-refractivity contribution is -0.141. The Bertz CT molecular complexity index is 348. The molecule has 0 atom stereocenters. The van der Waals surface area contributed by atoms with Crippen LogP contribution in [0.3, 0.4) is 0 Å². The standard InChI is InChI=1S/C8H7F3N2O2/c1-2-15-7(14)5-3-4-6(13-12-5)8(9,10)11/h3-4H,2H2,1H3. The number of carbonyl (C=O) groups excluding carboxylic acids is 1. The molecule has 82 valence electrons. The van der Waals surface area contributed by atoms with Crippen LogP contribution in [0.2, 0.25) is 0 Å². The summed E-state index contributed by atoms with van der Waals surface area (Å²) < 4.78 is 40.7. The number of aromatic nitrogens is 2. The van der Waals surface area contributed by atoms with Crippen molar-refractivity contribution in [2.45, 2.75) is 13.1 Å². The minimum absolute atomic E-state index is 0.127. The molecule has 1 heterocycles. The number of ether oxygens (including phenoxy) is 1. The van der Waals surface area contributed by atoms with E-state index in [2.05, 4.69) is 14.9 Å². The predicted octanol–water partition coefficient (Wildman–Crippen LogP) is 1.67. The van der Waals surface area contributed by atoms with Gasteiger partial charge in [0.05, 0.1) is 6.61 Å². The maximum atomic E-state index is 12.1. The van der Waals surface area contributed by atoms with E-state index in [1.165, 1.54) is 0 Å². The van der Waals surface area contributed by atoms with Crippen molar-refractivity contribution < 1.29 is 22.7 Å². The summed E-state index contributed by atoms with van der Waals surface area (Å²) in [6.45, 7) is 1.71. The van der Waals surface area contributed by atoms with E-state index in [9.17, 15) is 18.0 Å². The average Bonchev–Trinajstić information content (AvgIpc) is 2.17. The Balaban J connectivity index is 2.86. The molecule has 0 N–H and O–H groups in total. The van der Waals surface area contributed by atoms with E-state index in [0.29, 0.717) is 6.07 Å². The van der Waals surface area contributed by atoms with Crippen LogP contribution in [0, 0.1) is 0 Å². The van der Waals surface area contributed by atoms with Crippen molar-refractivity contribution in [1.29, 1.82) is 0 Å². The van der Waals surface area contributed by atoms with Crippen molar-refractivity contribution in [2.75, 3.05) is 6.61 Å². The fourth-order valence-electron chi connectivity index (χ4n) is 0.797. The van der Waals surface area contributed by atoms with Crippen LogP contribution in [0.5, 0.6) is 0 Å². The molecule has 0 saturated heterocycles. The van der Waals surface area contributed by atoms with Gasteiger partial charge in [0.15, 0.2) is 11.4 Å². The van der Waals surface area contributed by atoms with E-state index in [0.717, 1.165) is 6.07 Å². The Morgan fingerprint density at radius 2 is 2.07 bits per heavy atom. The number of hydrogen-bond acceptors (Lipinski definition) is 4. The zero-order valence-corrected chi connectivity index (χ0v) is 7.71. The maximum Gasteiger partial charge on any atom is 0.435 e. The zero-order valence-electron chi connectivity index (χ0n) is 7.71. The molecular weight excluding hydrogens is 213 g/mol. The van der Waals surface area contributed by atoms with Crippen LogP contribution in [0.25, 0.3) is 0 Å². The minimum atomic E-state index is -4.56. The lowest BCUT2D eigenvalue weighted by Gasteiger charge is -2.04. The zero-order chi connectivity index (χ0) is 11.5. The summed E-state index contributed by atoms with van der Waals surface area (Å²) in [4.78, 5) is 11.0. The average molecular weight is 220 g/mol. The van der Waals surface area contributed by atoms with Gasteiger partial charge in [0.1, 0.15) is 0 Å². The van der Waals surface area contributed by atoms with Crippen molar-refractivity contribution in [3.05, 3.63) is 23.5 Å². The molecule has 0 spiro atoms. The van der Waals surface area contributed by atoms with E-state index < -0.39 is 17.8 Å². The van der Waals surface area contributed by atoms with E-state index in [-0.39, 0.29) is 12.3 Å². The van der Waals surface area contributed by atoms with Crippen molar-refractivity contribution >= 4 is 5.97 Å². The van der Waals surface area contributed by atoms with Gasteiger partial charge in [0.2, 0.25) is 0 Å². The molecule has 0 radical (unpaired) electrons. The molecular formula is C8H7F3N2O2. The summed E-state index contributed by atoms with van der Waals surface area (Å²) in [5, 5.41) is 6.00. The highest BCUT2D eigenvalue weighted by atomic mass is 19.4. The molecule has 0 bridgehead atoms. The lowest BCUT2D eigenvalue weighted by Crippen LogP contribution is -2.13. The summed E-state index contributed by atoms with van der Waals surface area (Å²) in [6.07, 6.45) is -4.56. The van der Waals surface area contributed by atoms with Gasteiger partial charge in [-0.3, -0.25) is 0 Å². The molecule has 0 fully saturated rings. The van der Waals surface area contributed by atoms with Crippen LogP contribution in [-0.2, 0) is 10.9 Å². The molecule has 0 aromatic carbocycles. The highest BCUT2D eigenvalue weighted by molar-refractivity contribution is 5.86. The SMILES string of the molecule is CCOC(=O)c1ccc(C(F)(F)F)nn1. The number of nitrogens with zero attached hydrogens (tertiary/aromatic N) is 2. The minimum Gasteiger partial charge on any atom is -0.461 e. The van der Waals surface area contributed by atoms with Crippen LogP contribution >= 0.6 is 0 Å². The number of rotatable bonds is 2. The number of carbonyl (C=O) groups is 1. The van der Waals surface area contributed by atoms with E-state index in [4.69, 9.17) is 0 Å². The first-order chi connectivity index (χ1) is 6.95. The third kappa shape index (κ3) is 2.90. The second kappa shape index (κ2) is 4.24. The molecule has 1 aromatic heterocycles. The first-order valence-corrected chi connectivity index (χ1v) is 4.03. The van der Waals surface area contributed by atoms with Gasteiger partial charge in [-0.15, -0.1) is 10.2 Å². The van der Waals surface area contributed by atoms with E-state index >= 15 is 0 Å². The number of halogens is 3. The van der Waals surface area contributed by atoms with Gasteiger partial charge < -0.3 is 4.74 Å². The third-order valence-electron chi connectivity index (χ3n) is 1.44. The molecule has 1 aromatic rings. The smallest absolute Gasteiger partial charge is 0.435 e. The topological polar surface area (TPSA) is 52.1 Å². The Labute approximate surface area is 83.1 Å². The number of esters is 1. The van der Waals surface area contributed by atoms with Crippen molar-refractivity contribution in [1.82, 2.24) is 10.2 Å². The Hall–Kier alpha value is -1.66. The molecule has 0 aliphatic heterocycles. The van der Waals surface area contributed by atoms with Crippen molar-refractivity contribution in [3.63, 3.8) is 0 Å². The van der Waals surface area contributed by atoms with Crippen molar-refractivity contribution in [2.24, 2.45) is 0 Å². The number of hydrogen-bond donors (Lipinski definition) is 0. The largest absolute Gasteiger partial charge is 0.461 e. The second-order valence-electron chi connectivity index (χ2n) is 2.52. The fraction of sp³-hybridized carbons (Fsp3) is 0.375. The predicted molar refractivity (Wildman–Crippen MR) is 43.0 cm³/mol. The fourth-order valence-corrected chi connectivity index (χ4v) is 0.797. The Kier molecular flexibility index (Phi) is 3.23. The number of alkyl halides is 3. The Morgan fingerprint density at radius 1 is 1.40 bits per heavy atom. The monoisotopic (exact) mass is 220 g/mol. The van der Waals surface area contributed by atoms with Crippen LogP contribution in [-0.4, -0.2) is 22.8 Å². The summed E-state index contributed by atoms with van der Waals surface area (Å²) in [6, 6.07) is 1.60.